The van der Waals surface area contributed by atoms with Gasteiger partial charge in [0.25, 0.3) is 0 Å². The number of hydrogen-bond donors (Lipinski definition) is 1. The zero-order valence-corrected chi connectivity index (χ0v) is 26.8. The van der Waals surface area contributed by atoms with Crippen LogP contribution in [0, 0.1) is 0 Å². The van der Waals surface area contributed by atoms with Gasteiger partial charge in [-0.15, -0.1) is 6.58 Å². The molecule has 0 aliphatic carbocycles. The Morgan fingerprint density at radius 2 is 1.10 bits per heavy atom. The molecule has 0 aliphatic heterocycles. The SMILES string of the molecule is C=CCOC(COCCCCCCCCCCCCCCCCCC)COC(=O)CCCCCCCCCCN. The maximum Gasteiger partial charge on any atom is 0.305 e. The molecule has 0 aliphatic rings. The van der Waals surface area contributed by atoms with Gasteiger partial charge >= 0.3 is 5.97 Å². The average molecular weight is 568 g/mol. The first-order chi connectivity index (χ1) is 19.7. The first-order valence-corrected chi connectivity index (χ1v) is 17.4. The van der Waals surface area contributed by atoms with Crippen molar-refractivity contribution in [3.05, 3.63) is 12.7 Å². The van der Waals surface area contributed by atoms with Gasteiger partial charge in [-0.1, -0.05) is 148 Å². The topological polar surface area (TPSA) is 70.8 Å². The third kappa shape index (κ3) is 31.6. The van der Waals surface area contributed by atoms with Crippen LogP contribution in [0.2, 0.25) is 0 Å². The standard InChI is InChI=1S/C35H69NO4/c1-3-5-6-7-8-9-10-11-12-13-14-15-18-21-24-27-31-38-32-34(39-30-4-2)33-40-35(37)28-25-22-19-16-17-20-23-26-29-36/h4,34H,2-3,5-33,36H2,1H3. The van der Waals surface area contributed by atoms with Crippen LogP contribution < -0.4 is 5.73 Å². The molecule has 0 amide bonds. The molecule has 0 rings (SSSR count). The van der Waals surface area contributed by atoms with Crippen LogP contribution in [0.1, 0.15) is 167 Å². The quantitative estimate of drug-likeness (QED) is 0.0476. The fraction of sp³-hybridized carbons (Fsp3) is 0.914. The number of hydrogen-bond acceptors (Lipinski definition) is 5. The van der Waals surface area contributed by atoms with Crippen molar-refractivity contribution in [2.75, 3.05) is 33.0 Å². The summed E-state index contributed by atoms with van der Waals surface area (Å²) in [6.07, 6.45) is 33.2. The molecule has 40 heavy (non-hydrogen) atoms. The van der Waals surface area contributed by atoms with Gasteiger partial charge in [-0.2, -0.15) is 0 Å². The molecule has 1 unspecified atom stereocenters. The molecule has 0 aromatic rings. The van der Waals surface area contributed by atoms with Crippen molar-refractivity contribution < 1.29 is 19.0 Å². The first kappa shape index (κ1) is 39.1. The summed E-state index contributed by atoms with van der Waals surface area (Å²) >= 11 is 0. The molecule has 0 bridgehead atoms. The Hall–Kier alpha value is -0.910. The van der Waals surface area contributed by atoms with Crippen LogP contribution in [-0.2, 0) is 19.0 Å². The van der Waals surface area contributed by atoms with Crippen LogP contribution in [0.3, 0.4) is 0 Å². The molecule has 0 aromatic heterocycles. The Kier molecular flexibility index (Phi) is 33.5. The minimum atomic E-state index is -0.225. The normalized spacial score (nSPS) is 12.1. The van der Waals surface area contributed by atoms with Crippen LogP contribution in [0.5, 0.6) is 0 Å². The van der Waals surface area contributed by atoms with E-state index in [4.69, 9.17) is 19.9 Å². The summed E-state index contributed by atoms with van der Waals surface area (Å²) in [5, 5.41) is 0. The van der Waals surface area contributed by atoms with Crippen LogP contribution in [0.25, 0.3) is 0 Å². The average Bonchev–Trinajstić information content (AvgIpc) is 2.96. The smallest absolute Gasteiger partial charge is 0.305 e. The van der Waals surface area contributed by atoms with E-state index in [2.05, 4.69) is 13.5 Å². The summed E-state index contributed by atoms with van der Waals surface area (Å²) in [5.74, 6) is -0.132. The van der Waals surface area contributed by atoms with Gasteiger partial charge in [0.2, 0.25) is 0 Å². The Balaban J connectivity index is 3.57. The predicted octanol–water partition coefficient (Wildman–Crippen LogP) is 9.85. The van der Waals surface area contributed by atoms with E-state index in [1.807, 2.05) is 0 Å². The van der Waals surface area contributed by atoms with Crippen molar-refractivity contribution in [3.8, 4) is 0 Å². The van der Waals surface area contributed by atoms with E-state index < -0.39 is 0 Å². The second-order valence-electron chi connectivity index (χ2n) is 11.7. The van der Waals surface area contributed by atoms with Gasteiger partial charge in [0.15, 0.2) is 0 Å². The molecule has 0 fully saturated rings. The Bertz CT molecular complexity index is 514. The predicted molar refractivity (Wildman–Crippen MR) is 172 cm³/mol. The van der Waals surface area contributed by atoms with Crippen LogP contribution in [0.4, 0.5) is 0 Å². The molecular formula is C35H69NO4. The highest BCUT2D eigenvalue weighted by Gasteiger charge is 2.13. The molecule has 5 heteroatoms. The van der Waals surface area contributed by atoms with E-state index >= 15 is 0 Å². The maximum atomic E-state index is 12.1. The zero-order valence-electron chi connectivity index (χ0n) is 26.8. The van der Waals surface area contributed by atoms with Crippen molar-refractivity contribution in [2.24, 2.45) is 5.73 Å². The van der Waals surface area contributed by atoms with E-state index in [1.165, 1.54) is 128 Å². The second kappa shape index (κ2) is 34.3. The molecule has 0 saturated carbocycles. The summed E-state index contributed by atoms with van der Waals surface area (Å²) in [4.78, 5) is 12.1. The fourth-order valence-electron chi connectivity index (χ4n) is 5.05. The van der Waals surface area contributed by atoms with Crippen molar-refractivity contribution in [2.45, 2.75) is 174 Å². The lowest BCUT2D eigenvalue weighted by atomic mass is 10.0. The number of rotatable bonds is 34. The lowest BCUT2D eigenvalue weighted by Crippen LogP contribution is -2.27. The van der Waals surface area contributed by atoms with E-state index in [-0.39, 0.29) is 18.7 Å². The summed E-state index contributed by atoms with van der Waals surface area (Å²) in [6.45, 7) is 8.71. The van der Waals surface area contributed by atoms with Gasteiger partial charge in [0.1, 0.15) is 12.7 Å². The van der Waals surface area contributed by atoms with E-state index in [0.29, 0.717) is 19.6 Å². The third-order valence-electron chi connectivity index (χ3n) is 7.66. The number of carbonyl (C=O) groups is 1. The molecule has 0 heterocycles. The Labute approximate surface area is 249 Å². The van der Waals surface area contributed by atoms with E-state index in [9.17, 15) is 4.79 Å². The molecular weight excluding hydrogens is 498 g/mol. The molecule has 0 radical (unpaired) electrons. The second-order valence-corrected chi connectivity index (χ2v) is 11.7. The fourth-order valence-corrected chi connectivity index (χ4v) is 5.05. The van der Waals surface area contributed by atoms with Crippen LogP contribution >= 0.6 is 0 Å². The monoisotopic (exact) mass is 568 g/mol. The highest BCUT2D eigenvalue weighted by Crippen LogP contribution is 2.14. The van der Waals surface area contributed by atoms with Gasteiger partial charge < -0.3 is 19.9 Å². The van der Waals surface area contributed by atoms with Crippen LogP contribution in [-0.4, -0.2) is 45.0 Å². The zero-order chi connectivity index (χ0) is 29.2. The summed E-state index contributed by atoms with van der Waals surface area (Å²) in [7, 11) is 0. The van der Waals surface area contributed by atoms with Gasteiger partial charge in [0, 0.05) is 13.0 Å². The lowest BCUT2D eigenvalue weighted by Gasteiger charge is -2.17. The summed E-state index contributed by atoms with van der Waals surface area (Å²) in [6, 6.07) is 0. The highest BCUT2D eigenvalue weighted by atomic mass is 16.6. The molecule has 238 valence electrons. The number of unbranched alkanes of at least 4 members (excludes halogenated alkanes) is 22. The minimum absolute atomic E-state index is 0.132. The number of carbonyl (C=O) groups excluding carboxylic acids is 1. The first-order valence-electron chi connectivity index (χ1n) is 17.4. The molecule has 0 aromatic carbocycles. The lowest BCUT2D eigenvalue weighted by molar-refractivity contribution is -0.149. The Morgan fingerprint density at radius 3 is 1.57 bits per heavy atom. The van der Waals surface area contributed by atoms with Crippen molar-refractivity contribution in [1.29, 1.82) is 0 Å². The number of esters is 1. The van der Waals surface area contributed by atoms with Crippen molar-refractivity contribution >= 4 is 5.97 Å². The number of nitrogens with two attached hydrogens (primary N) is 1. The highest BCUT2D eigenvalue weighted by molar-refractivity contribution is 5.69. The minimum Gasteiger partial charge on any atom is -0.463 e. The van der Waals surface area contributed by atoms with Crippen molar-refractivity contribution in [1.82, 2.24) is 0 Å². The van der Waals surface area contributed by atoms with Gasteiger partial charge in [-0.3, -0.25) is 4.79 Å². The van der Waals surface area contributed by atoms with Gasteiger partial charge in [-0.05, 0) is 25.8 Å². The van der Waals surface area contributed by atoms with E-state index in [0.717, 1.165) is 38.8 Å². The maximum absolute atomic E-state index is 12.1. The van der Waals surface area contributed by atoms with Gasteiger partial charge in [-0.25, -0.2) is 0 Å². The largest absolute Gasteiger partial charge is 0.463 e. The molecule has 0 spiro atoms. The summed E-state index contributed by atoms with van der Waals surface area (Å²) < 4.78 is 17.1. The third-order valence-corrected chi connectivity index (χ3v) is 7.66. The number of ether oxygens (including phenoxy) is 3. The molecule has 1 atom stereocenters. The van der Waals surface area contributed by atoms with Crippen molar-refractivity contribution in [3.63, 3.8) is 0 Å². The van der Waals surface area contributed by atoms with Gasteiger partial charge in [0.05, 0.1) is 13.2 Å². The Morgan fingerprint density at radius 1 is 0.650 bits per heavy atom. The summed E-state index contributed by atoms with van der Waals surface area (Å²) in [5.41, 5.74) is 5.52. The molecule has 5 nitrogen and oxygen atoms in total. The van der Waals surface area contributed by atoms with E-state index in [1.54, 1.807) is 6.08 Å². The van der Waals surface area contributed by atoms with Crippen LogP contribution in [0.15, 0.2) is 12.7 Å². The molecule has 2 N–H and O–H groups in total. The molecule has 0 saturated heterocycles.